The topological polar surface area (TPSA) is 56.7 Å². The Hall–Kier alpha value is -1.06. The Labute approximate surface area is 60.0 Å². The standard InChI is InChI=1S/C6H12N4/c1-2-3-4-10-5-6(7)8-9-10/h5H,2-4,7H2,1H3. The lowest BCUT2D eigenvalue weighted by Crippen LogP contribution is -1.97. The van der Waals surface area contributed by atoms with Gasteiger partial charge in [0, 0.05) is 6.54 Å². The first-order valence-corrected chi connectivity index (χ1v) is 3.48. The van der Waals surface area contributed by atoms with Gasteiger partial charge in [-0.2, -0.15) is 0 Å². The number of nitrogens with two attached hydrogens (primary N) is 1. The summed E-state index contributed by atoms with van der Waals surface area (Å²) in [5.74, 6) is 0.496. The summed E-state index contributed by atoms with van der Waals surface area (Å²) in [6, 6.07) is 0. The largest absolute Gasteiger partial charge is 0.381 e. The van der Waals surface area contributed by atoms with Crippen LogP contribution in [0.15, 0.2) is 6.20 Å². The van der Waals surface area contributed by atoms with E-state index in [1.807, 2.05) is 0 Å². The minimum atomic E-state index is 0.496. The normalized spacial score (nSPS) is 10.1. The van der Waals surface area contributed by atoms with Crippen molar-refractivity contribution < 1.29 is 0 Å². The maximum atomic E-state index is 5.36. The van der Waals surface area contributed by atoms with Gasteiger partial charge in [-0.25, -0.2) is 0 Å². The van der Waals surface area contributed by atoms with E-state index in [-0.39, 0.29) is 0 Å². The summed E-state index contributed by atoms with van der Waals surface area (Å²) in [6.45, 7) is 3.06. The number of nitrogen functional groups attached to an aromatic ring is 1. The molecule has 0 aromatic carbocycles. The maximum absolute atomic E-state index is 5.36. The Balaban J connectivity index is 2.42. The van der Waals surface area contributed by atoms with Crippen molar-refractivity contribution in [2.75, 3.05) is 5.73 Å². The van der Waals surface area contributed by atoms with E-state index in [1.165, 1.54) is 6.42 Å². The molecule has 0 bridgehead atoms. The van der Waals surface area contributed by atoms with Gasteiger partial charge < -0.3 is 5.73 Å². The molecule has 10 heavy (non-hydrogen) atoms. The van der Waals surface area contributed by atoms with Crippen molar-refractivity contribution in [3.05, 3.63) is 6.20 Å². The van der Waals surface area contributed by atoms with Crippen LogP contribution in [-0.2, 0) is 6.54 Å². The lowest BCUT2D eigenvalue weighted by atomic mass is 10.3. The number of hydrogen-bond acceptors (Lipinski definition) is 3. The fourth-order valence-electron chi connectivity index (χ4n) is 0.743. The Morgan fingerprint density at radius 2 is 2.50 bits per heavy atom. The van der Waals surface area contributed by atoms with E-state index in [4.69, 9.17) is 5.73 Å². The second kappa shape index (κ2) is 3.20. The van der Waals surface area contributed by atoms with Crippen molar-refractivity contribution in [1.29, 1.82) is 0 Å². The predicted molar refractivity (Wildman–Crippen MR) is 39.3 cm³/mol. The highest BCUT2D eigenvalue weighted by molar-refractivity contribution is 5.19. The van der Waals surface area contributed by atoms with Crippen LogP contribution in [0.25, 0.3) is 0 Å². The number of aryl methyl sites for hydroxylation is 1. The molecule has 1 heterocycles. The highest BCUT2D eigenvalue weighted by Gasteiger charge is 1.92. The van der Waals surface area contributed by atoms with Crippen LogP contribution in [0.2, 0.25) is 0 Å². The van der Waals surface area contributed by atoms with Crippen LogP contribution in [0.3, 0.4) is 0 Å². The molecule has 0 atom stereocenters. The third kappa shape index (κ3) is 1.72. The Morgan fingerprint density at radius 3 is 3.00 bits per heavy atom. The average Bonchev–Trinajstić information content (AvgIpc) is 2.31. The van der Waals surface area contributed by atoms with Crippen LogP contribution in [-0.4, -0.2) is 15.0 Å². The zero-order chi connectivity index (χ0) is 7.40. The van der Waals surface area contributed by atoms with Crippen molar-refractivity contribution in [1.82, 2.24) is 15.0 Å². The van der Waals surface area contributed by atoms with Crippen molar-refractivity contribution in [2.45, 2.75) is 26.3 Å². The van der Waals surface area contributed by atoms with Crippen LogP contribution in [0.1, 0.15) is 19.8 Å². The molecule has 1 aromatic heterocycles. The summed E-state index contributed by atoms with van der Waals surface area (Å²) in [4.78, 5) is 0. The molecule has 1 aromatic rings. The van der Waals surface area contributed by atoms with Gasteiger partial charge in [0.1, 0.15) is 0 Å². The first-order chi connectivity index (χ1) is 4.83. The van der Waals surface area contributed by atoms with Crippen molar-refractivity contribution >= 4 is 5.82 Å². The van der Waals surface area contributed by atoms with Crippen LogP contribution in [0.5, 0.6) is 0 Å². The van der Waals surface area contributed by atoms with Crippen molar-refractivity contribution in [3.8, 4) is 0 Å². The summed E-state index contributed by atoms with van der Waals surface area (Å²) in [5.41, 5.74) is 5.36. The molecule has 0 spiro atoms. The maximum Gasteiger partial charge on any atom is 0.165 e. The minimum absolute atomic E-state index is 0.496. The molecule has 2 N–H and O–H groups in total. The number of rotatable bonds is 3. The first kappa shape index (κ1) is 7.05. The molecular formula is C6H12N4. The van der Waals surface area contributed by atoms with Crippen LogP contribution in [0, 0.1) is 0 Å². The van der Waals surface area contributed by atoms with E-state index in [0.29, 0.717) is 5.82 Å². The van der Waals surface area contributed by atoms with Crippen molar-refractivity contribution in [2.24, 2.45) is 0 Å². The fraction of sp³-hybridized carbons (Fsp3) is 0.667. The van der Waals surface area contributed by atoms with E-state index >= 15 is 0 Å². The van der Waals surface area contributed by atoms with E-state index in [2.05, 4.69) is 17.2 Å². The molecule has 0 aliphatic heterocycles. The van der Waals surface area contributed by atoms with E-state index < -0.39 is 0 Å². The fourth-order valence-corrected chi connectivity index (χ4v) is 0.743. The summed E-state index contributed by atoms with van der Waals surface area (Å²) in [7, 11) is 0. The van der Waals surface area contributed by atoms with Gasteiger partial charge in [-0.3, -0.25) is 4.68 Å². The second-order valence-corrected chi connectivity index (χ2v) is 2.26. The van der Waals surface area contributed by atoms with Gasteiger partial charge in [-0.15, -0.1) is 5.10 Å². The number of nitrogens with zero attached hydrogens (tertiary/aromatic N) is 3. The molecule has 4 nitrogen and oxygen atoms in total. The van der Waals surface area contributed by atoms with Gasteiger partial charge in [-0.1, -0.05) is 18.6 Å². The Bertz CT molecular complexity index is 193. The number of anilines is 1. The Kier molecular flexibility index (Phi) is 2.25. The molecule has 56 valence electrons. The Morgan fingerprint density at radius 1 is 1.70 bits per heavy atom. The van der Waals surface area contributed by atoms with Gasteiger partial charge >= 0.3 is 0 Å². The van der Waals surface area contributed by atoms with Gasteiger partial charge in [0.15, 0.2) is 5.82 Å². The molecule has 0 aliphatic carbocycles. The molecule has 1 rings (SSSR count). The molecule has 0 saturated carbocycles. The van der Waals surface area contributed by atoms with Crippen LogP contribution >= 0.6 is 0 Å². The SMILES string of the molecule is CCCCn1cc(N)nn1. The summed E-state index contributed by atoms with van der Waals surface area (Å²) < 4.78 is 1.76. The van der Waals surface area contributed by atoms with Crippen molar-refractivity contribution in [3.63, 3.8) is 0 Å². The number of unbranched alkanes of at least 4 members (excludes halogenated alkanes) is 1. The molecule has 0 radical (unpaired) electrons. The van der Waals surface area contributed by atoms with Gasteiger partial charge in [0.05, 0.1) is 6.20 Å². The monoisotopic (exact) mass is 140 g/mol. The summed E-state index contributed by atoms with van der Waals surface area (Å²) >= 11 is 0. The molecule has 0 amide bonds. The van der Waals surface area contributed by atoms with Gasteiger partial charge in [0.25, 0.3) is 0 Å². The predicted octanol–water partition coefficient (Wildman–Crippen LogP) is 0.660. The van der Waals surface area contributed by atoms with Crippen LogP contribution in [0.4, 0.5) is 5.82 Å². The minimum Gasteiger partial charge on any atom is -0.381 e. The molecule has 0 fully saturated rings. The van der Waals surface area contributed by atoms with Crippen LogP contribution < -0.4 is 5.73 Å². The molecular weight excluding hydrogens is 128 g/mol. The summed E-state index contributed by atoms with van der Waals surface area (Å²) in [6.07, 6.45) is 4.04. The lowest BCUT2D eigenvalue weighted by Gasteiger charge is -1.94. The third-order valence-electron chi connectivity index (χ3n) is 1.30. The molecule has 4 heteroatoms. The summed E-state index contributed by atoms with van der Waals surface area (Å²) in [5, 5.41) is 7.46. The highest BCUT2D eigenvalue weighted by Crippen LogP contribution is 1.95. The third-order valence-corrected chi connectivity index (χ3v) is 1.30. The van der Waals surface area contributed by atoms with E-state index in [0.717, 1.165) is 13.0 Å². The highest BCUT2D eigenvalue weighted by atomic mass is 15.4. The van der Waals surface area contributed by atoms with Gasteiger partial charge in [0.2, 0.25) is 0 Å². The zero-order valence-electron chi connectivity index (χ0n) is 6.12. The molecule has 0 unspecified atom stereocenters. The number of aromatic nitrogens is 3. The van der Waals surface area contributed by atoms with E-state index in [1.54, 1.807) is 10.9 Å². The average molecular weight is 140 g/mol. The zero-order valence-corrected chi connectivity index (χ0v) is 6.12. The second-order valence-electron chi connectivity index (χ2n) is 2.26. The molecule has 0 saturated heterocycles. The van der Waals surface area contributed by atoms with E-state index in [9.17, 15) is 0 Å². The number of hydrogen-bond donors (Lipinski definition) is 1. The quantitative estimate of drug-likeness (QED) is 0.671. The molecule has 0 aliphatic rings. The smallest absolute Gasteiger partial charge is 0.165 e. The van der Waals surface area contributed by atoms with Gasteiger partial charge in [-0.05, 0) is 6.42 Å². The first-order valence-electron chi connectivity index (χ1n) is 3.48. The lowest BCUT2D eigenvalue weighted by molar-refractivity contribution is 0.553.